The van der Waals surface area contributed by atoms with Crippen molar-refractivity contribution in [1.82, 2.24) is 9.13 Å². The van der Waals surface area contributed by atoms with Crippen molar-refractivity contribution >= 4 is 44.1 Å². The van der Waals surface area contributed by atoms with Crippen LogP contribution in [0.2, 0.25) is 0 Å². The summed E-state index contributed by atoms with van der Waals surface area (Å²) in [5.41, 5.74) is 14.9. The second-order valence-corrected chi connectivity index (χ2v) is 15.5. The van der Waals surface area contributed by atoms with Gasteiger partial charge in [-0.25, -0.2) is 0 Å². The van der Waals surface area contributed by atoms with Crippen LogP contribution >= 0.6 is 0 Å². The molecule has 10 rings (SSSR count). The first-order valence-electron chi connectivity index (χ1n) is 19.8. The topological polar surface area (TPSA) is 13.1 Å². The number of allylic oxidation sites excluding steroid dienone is 4. The summed E-state index contributed by atoms with van der Waals surface area (Å²) in [6.45, 7) is 9.31. The highest BCUT2D eigenvalue weighted by molar-refractivity contribution is 6.19. The molecule has 1 aliphatic carbocycles. The molecule has 0 saturated heterocycles. The van der Waals surface area contributed by atoms with E-state index in [9.17, 15) is 0 Å². The van der Waals surface area contributed by atoms with E-state index >= 15 is 0 Å². The van der Waals surface area contributed by atoms with Gasteiger partial charge >= 0.3 is 0 Å². The average molecular weight is 734 g/mol. The quantitative estimate of drug-likeness (QED) is 0.166. The summed E-state index contributed by atoms with van der Waals surface area (Å²) in [7, 11) is 0. The first-order chi connectivity index (χ1) is 28.0. The summed E-state index contributed by atoms with van der Waals surface area (Å²) in [6, 6.07) is 63.5. The van der Waals surface area contributed by atoms with Gasteiger partial charge in [0, 0.05) is 56.2 Å². The summed E-state index contributed by atoms with van der Waals surface area (Å²) < 4.78 is 4.72. The SMILES string of the molecule is C=C1/C=C(N(c2ccc(-c3ccccc3)cc2)c2ccc3c(c2)c2ccc4c(ccn4-c4ccccc4)c2n3-c2ccccc2)\C=C/Cc2ccccc2C1(C)C. The van der Waals surface area contributed by atoms with E-state index in [1.807, 2.05) is 0 Å². The molecule has 0 saturated carbocycles. The van der Waals surface area contributed by atoms with E-state index in [1.54, 1.807) is 0 Å². The average Bonchev–Trinajstić information content (AvgIpc) is 3.85. The van der Waals surface area contributed by atoms with Gasteiger partial charge in [0.1, 0.15) is 0 Å². The molecule has 2 aromatic heterocycles. The number of hydrogen-bond donors (Lipinski definition) is 0. The number of anilines is 2. The minimum atomic E-state index is -0.259. The van der Waals surface area contributed by atoms with Gasteiger partial charge in [-0.2, -0.15) is 0 Å². The number of benzene rings is 7. The highest BCUT2D eigenvalue weighted by Crippen LogP contribution is 2.43. The van der Waals surface area contributed by atoms with Crippen LogP contribution in [-0.2, 0) is 11.8 Å². The second kappa shape index (κ2) is 13.9. The third kappa shape index (κ3) is 5.91. The lowest BCUT2D eigenvalue weighted by Crippen LogP contribution is -2.22. The number of rotatable bonds is 6. The predicted molar refractivity (Wildman–Crippen MR) is 241 cm³/mol. The number of aromatic nitrogens is 2. The molecule has 0 N–H and O–H groups in total. The van der Waals surface area contributed by atoms with Gasteiger partial charge in [-0.15, -0.1) is 0 Å². The van der Waals surface area contributed by atoms with Gasteiger partial charge in [0.05, 0.1) is 16.6 Å². The molecule has 57 heavy (non-hydrogen) atoms. The Morgan fingerprint density at radius 3 is 1.95 bits per heavy atom. The van der Waals surface area contributed by atoms with Crippen LogP contribution in [-0.4, -0.2) is 9.13 Å². The molecule has 3 nitrogen and oxygen atoms in total. The zero-order valence-corrected chi connectivity index (χ0v) is 32.3. The van der Waals surface area contributed by atoms with Gasteiger partial charge in [-0.3, -0.25) is 0 Å². The van der Waals surface area contributed by atoms with Gasteiger partial charge in [-0.05, 0) is 113 Å². The van der Waals surface area contributed by atoms with Gasteiger partial charge in [0.15, 0.2) is 0 Å². The van der Waals surface area contributed by atoms with Crippen molar-refractivity contribution in [1.29, 1.82) is 0 Å². The Hall–Kier alpha value is -7.10. The molecule has 0 aliphatic heterocycles. The molecule has 274 valence electrons. The molecule has 1 aliphatic rings. The van der Waals surface area contributed by atoms with Crippen LogP contribution in [0.1, 0.15) is 25.0 Å². The van der Waals surface area contributed by atoms with E-state index in [2.05, 4.69) is 228 Å². The van der Waals surface area contributed by atoms with Crippen LogP contribution in [0.3, 0.4) is 0 Å². The molecule has 9 aromatic rings. The molecule has 0 bridgehead atoms. The number of hydrogen-bond acceptors (Lipinski definition) is 1. The lowest BCUT2D eigenvalue weighted by atomic mass is 9.75. The fourth-order valence-corrected chi connectivity index (χ4v) is 8.73. The Bertz CT molecular complexity index is 3000. The zero-order valence-electron chi connectivity index (χ0n) is 32.3. The molecule has 0 spiro atoms. The highest BCUT2D eigenvalue weighted by atomic mass is 15.1. The van der Waals surface area contributed by atoms with Crippen molar-refractivity contribution in [2.45, 2.75) is 25.7 Å². The van der Waals surface area contributed by atoms with Crippen LogP contribution in [0, 0.1) is 0 Å². The summed E-state index contributed by atoms with van der Waals surface area (Å²) >= 11 is 0. The third-order valence-corrected chi connectivity index (χ3v) is 11.8. The molecular formula is C54H43N3. The van der Waals surface area contributed by atoms with Gasteiger partial charge in [0.2, 0.25) is 0 Å². The molecule has 2 heterocycles. The normalized spacial score (nSPS) is 15.4. The number of nitrogens with zero attached hydrogens (tertiary/aromatic N) is 3. The molecule has 7 aromatic carbocycles. The lowest BCUT2D eigenvalue weighted by Gasteiger charge is -2.31. The van der Waals surface area contributed by atoms with Crippen LogP contribution in [0.5, 0.6) is 0 Å². The van der Waals surface area contributed by atoms with E-state index in [0.717, 1.165) is 40.4 Å². The van der Waals surface area contributed by atoms with E-state index in [-0.39, 0.29) is 5.41 Å². The molecule has 0 amide bonds. The highest BCUT2D eigenvalue weighted by Gasteiger charge is 2.28. The molecule has 0 fully saturated rings. The van der Waals surface area contributed by atoms with Crippen LogP contribution in [0.15, 0.2) is 218 Å². The Morgan fingerprint density at radius 1 is 0.561 bits per heavy atom. The molecule has 0 unspecified atom stereocenters. The largest absolute Gasteiger partial charge is 0.316 e. The maximum atomic E-state index is 4.72. The lowest BCUT2D eigenvalue weighted by molar-refractivity contribution is 0.634. The Kier molecular flexibility index (Phi) is 8.38. The maximum absolute atomic E-state index is 4.72. The predicted octanol–water partition coefficient (Wildman–Crippen LogP) is 14.1. The number of para-hydroxylation sites is 2. The van der Waals surface area contributed by atoms with E-state index in [1.165, 1.54) is 55.0 Å². The van der Waals surface area contributed by atoms with E-state index in [4.69, 9.17) is 6.58 Å². The van der Waals surface area contributed by atoms with Crippen molar-refractivity contribution in [3.63, 3.8) is 0 Å². The summed E-state index contributed by atoms with van der Waals surface area (Å²) in [5, 5.41) is 3.63. The number of fused-ring (bicyclic) bond motifs is 6. The minimum absolute atomic E-state index is 0.259. The smallest absolute Gasteiger partial charge is 0.0635 e. The third-order valence-electron chi connectivity index (χ3n) is 11.8. The van der Waals surface area contributed by atoms with E-state index in [0.29, 0.717) is 0 Å². The maximum Gasteiger partial charge on any atom is 0.0635 e. The van der Waals surface area contributed by atoms with E-state index < -0.39 is 0 Å². The van der Waals surface area contributed by atoms with Crippen molar-refractivity contribution in [3.8, 4) is 22.5 Å². The summed E-state index contributed by atoms with van der Waals surface area (Å²) in [6.07, 6.45) is 9.91. The summed E-state index contributed by atoms with van der Waals surface area (Å²) in [4.78, 5) is 2.40. The fraction of sp³-hybridized carbons (Fsp3) is 0.0741. The Morgan fingerprint density at radius 2 is 1.19 bits per heavy atom. The van der Waals surface area contributed by atoms with Crippen LogP contribution in [0.4, 0.5) is 11.4 Å². The molecular weight excluding hydrogens is 691 g/mol. The minimum Gasteiger partial charge on any atom is -0.316 e. The zero-order chi connectivity index (χ0) is 38.5. The van der Waals surface area contributed by atoms with Gasteiger partial charge in [0.25, 0.3) is 0 Å². The van der Waals surface area contributed by atoms with Crippen molar-refractivity contribution < 1.29 is 0 Å². The van der Waals surface area contributed by atoms with Crippen molar-refractivity contribution in [2.75, 3.05) is 4.90 Å². The monoisotopic (exact) mass is 733 g/mol. The standard InChI is InChI=1S/C54H43N3/c1-38-36-45(24-15-19-41-18-13-14-25-50(41)54(38,2)3)56(44-28-26-40(27-29-44)39-16-7-4-8-17-39)46-30-32-52-49(37-46)47-31-33-51-48(34-35-55(51)42-20-9-5-10-21-42)53(47)57(52)43-22-11-6-12-23-43/h4-18,20-37H,1,19H2,2-3H3/b24-15-,45-36+. The Labute approximate surface area is 334 Å². The fourth-order valence-electron chi connectivity index (χ4n) is 8.73. The molecule has 0 atom stereocenters. The first kappa shape index (κ1) is 34.4. The van der Waals surface area contributed by atoms with Gasteiger partial charge < -0.3 is 14.0 Å². The van der Waals surface area contributed by atoms with Crippen LogP contribution < -0.4 is 4.90 Å². The molecule has 3 heteroatoms. The van der Waals surface area contributed by atoms with Crippen molar-refractivity contribution in [2.24, 2.45) is 0 Å². The summed E-state index contributed by atoms with van der Waals surface area (Å²) in [5.74, 6) is 0. The second-order valence-electron chi connectivity index (χ2n) is 15.5. The van der Waals surface area contributed by atoms with Gasteiger partial charge in [-0.1, -0.05) is 136 Å². The Balaban J connectivity index is 1.20. The van der Waals surface area contributed by atoms with Crippen molar-refractivity contribution in [3.05, 3.63) is 229 Å². The first-order valence-corrected chi connectivity index (χ1v) is 19.8. The molecule has 0 radical (unpaired) electrons. The van der Waals surface area contributed by atoms with Crippen LogP contribution in [0.25, 0.3) is 55.2 Å².